The monoisotopic (exact) mass is 460 g/mol. The minimum atomic E-state index is -0.793. The first-order valence-corrected chi connectivity index (χ1v) is 11.6. The number of methoxy groups -OCH3 is 1. The summed E-state index contributed by atoms with van der Waals surface area (Å²) in [5.41, 5.74) is 6.90. The Kier molecular flexibility index (Phi) is 8.24. The zero-order valence-electron chi connectivity index (χ0n) is 20.4. The molecule has 0 radical (unpaired) electrons. The van der Waals surface area contributed by atoms with Crippen molar-refractivity contribution in [2.45, 2.75) is 47.0 Å². The number of benzene rings is 2. The summed E-state index contributed by atoms with van der Waals surface area (Å²) in [5, 5.41) is 16.7. The minimum Gasteiger partial charge on any atom is -0.496 e. The smallest absolute Gasteiger partial charge is 0.303 e. The van der Waals surface area contributed by atoms with E-state index in [1.165, 1.54) is 11.1 Å². The van der Waals surface area contributed by atoms with Crippen LogP contribution in [0.4, 0.5) is 11.5 Å². The van der Waals surface area contributed by atoms with Crippen molar-refractivity contribution in [1.82, 2.24) is 14.6 Å². The van der Waals surface area contributed by atoms with Crippen LogP contribution in [0.15, 0.2) is 54.9 Å². The third-order valence-corrected chi connectivity index (χ3v) is 5.54. The van der Waals surface area contributed by atoms with E-state index < -0.39 is 5.97 Å². The summed E-state index contributed by atoms with van der Waals surface area (Å²) in [7, 11) is 1.69. The van der Waals surface area contributed by atoms with Gasteiger partial charge >= 0.3 is 5.97 Å². The molecule has 2 aromatic carbocycles. The fourth-order valence-electron chi connectivity index (χ4n) is 3.88. The molecule has 2 heterocycles. The zero-order valence-corrected chi connectivity index (χ0v) is 20.4. The average molecular weight is 461 g/mol. The summed E-state index contributed by atoms with van der Waals surface area (Å²) in [6, 6.07) is 13.8. The molecule has 7 nitrogen and oxygen atoms in total. The van der Waals surface area contributed by atoms with Crippen LogP contribution in [0.5, 0.6) is 5.75 Å². The quantitative estimate of drug-likeness (QED) is 0.332. The molecular formula is C27H32N4O3. The lowest BCUT2D eigenvalue weighted by Crippen LogP contribution is -2.00. The first-order valence-electron chi connectivity index (χ1n) is 11.6. The van der Waals surface area contributed by atoms with Gasteiger partial charge in [0, 0.05) is 29.9 Å². The molecule has 2 aromatic heterocycles. The van der Waals surface area contributed by atoms with Crippen molar-refractivity contribution in [2.75, 3.05) is 12.4 Å². The van der Waals surface area contributed by atoms with Gasteiger partial charge in [-0.3, -0.25) is 4.79 Å². The van der Waals surface area contributed by atoms with Crippen LogP contribution in [0.3, 0.4) is 0 Å². The van der Waals surface area contributed by atoms with E-state index in [0.29, 0.717) is 12.2 Å². The zero-order chi connectivity index (χ0) is 24.7. The van der Waals surface area contributed by atoms with Gasteiger partial charge in [-0.25, -0.2) is 9.50 Å². The number of hydrogen-bond donors (Lipinski definition) is 2. The number of aliphatic carboxylic acids is 1. The number of hydrogen-bond acceptors (Lipinski definition) is 5. The van der Waals surface area contributed by atoms with E-state index in [1.807, 2.05) is 56.4 Å². The first-order chi connectivity index (χ1) is 16.5. The highest BCUT2D eigenvalue weighted by Crippen LogP contribution is 2.30. The van der Waals surface area contributed by atoms with Gasteiger partial charge in [-0.05, 0) is 54.2 Å². The number of anilines is 2. The van der Waals surface area contributed by atoms with Gasteiger partial charge in [0.05, 0.1) is 13.3 Å². The van der Waals surface area contributed by atoms with E-state index in [1.54, 1.807) is 17.8 Å². The van der Waals surface area contributed by atoms with E-state index in [4.69, 9.17) is 14.8 Å². The number of aromatic nitrogens is 3. The average Bonchev–Trinajstić information content (AvgIpc) is 3.27. The van der Waals surface area contributed by atoms with E-state index >= 15 is 0 Å². The van der Waals surface area contributed by atoms with Crippen molar-refractivity contribution in [1.29, 1.82) is 0 Å². The summed E-state index contributed by atoms with van der Waals surface area (Å²) < 4.78 is 7.30. The summed E-state index contributed by atoms with van der Waals surface area (Å²) in [5.74, 6) is 0.783. The summed E-state index contributed by atoms with van der Waals surface area (Å²) in [6.07, 6.45) is 5.21. The lowest BCUT2D eigenvalue weighted by atomic mass is 10.0. The highest BCUT2D eigenvalue weighted by atomic mass is 16.5. The number of fused-ring (bicyclic) bond motifs is 1. The molecule has 0 atom stereocenters. The lowest BCUT2D eigenvalue weighted by Gasteiger charge is -2.14. The maximum atomic E-state index is 10.8. The van der Waals surface area contributed by atoms with Crippen molar-refractivity contribution < 1.29 is 14.6 Å². The maximum Gasteiger partial charge on any atom is 0.303 e. The third kappa shape index (κ3) is 5.54. The first kappa shape index (κ1) is 24.8. The van der Waals surface area contributed by atoms with Crippen molar-refractivity contribution in [2.24, 2.45) is 0 Å². The van der Waals surface area contributed by atoms with Crippen LogP contribution in [-0.2, 0) is 17.6 Å². The molecule has 0 amide bonds. The molecule has 0 fully saturated rings. The van der Waals surface area contributed by atoms with Gasteiger partial charge in [-0.1, -0.05) is 45.0 Å². The number of ether oxygens (including phenoxy) is 1. The Morgan fingerprint density at radius 2 is 1.88 bits per heavy atom. The predicted octanol–water partition coefficient (Wildman–Crippen LogP) is 6.06. The van der Waals surface area contributed by atoms with Crippen molar-refractivity contribution in [3.63, 3.8) is 0 Å². The van der Waals surface area contributed by atoms with Crippen LogP contribution in [-0.4, -0.2) is 32.8 Å². The van der Waals surface area contributed by atoms with E-state index in [9.17, 15) is 4.79 Å². The topological polar surface area (TPSA) is 88.8 Å². The number of carboxylic acid groups (broad SMARTS) is 1. The Balaban J connectivity index is 0.00000158. The van der Waals surface area contributed by atoms with E-state index in [-0.39, 0.29) is 6.42 Å². The van der Waals surface area contributed by atoms with E-state index in [2.05, 4.69) is 30.3 Å². The molecule has 0 aliphatic heterocycles. The van der Waals surface area contributed by atoms with Gasteiger partial charge in [0.1, 0.15) is 11.6 Å². The number of nitrogens with zero attached hydrogens (tertiary/aromatic N) is 3. The molecule has 4 aromatic rings. The predicted molar refractivity (Wildman–Crippen MR) is 136 cm³/mol. The molecule has 4 rings (SSSR count). The molecule has 0 aliphatic carbocycles. The highest BCUT2D eigenvalue weighted by Gasteiger charge is 2.11. The minimum absolute atomic E-state index is 0.121. The second kappa shape index (κ2) is 11.3. The summed E-state index contributed by atoms with van der Waals surface area (Å²) in [4.78, 5) is 15.6. The Bertz CT molecular complexity index is 1260. The third-order valence-electron chi connectivity index (χ3n) is 5.54. The standard InChI is InChI=1S/C25H26N4O3.C2H6/c1-4-20-16(2)13-19(14-22(20)32-3)27-23-11-12-29-25(28-23)21(15-26-29)18-8-5-17(6-9-18)7-10-24(30)31;1-2/h5-6,8-9,11-15H,4,7,10H2,1-3H3,(H,27,28)(H,30,31);1-2H3. The van der Waals surface area contributed by atoms with Crippen LogP contribution in [0.1, 0.15) is 43.9 Å². The molecule has 0 unspecified atom stereocenters. The lowest BCUT2D eigenvalue weighted by molar-refractivity contribution is -0.136. The number of aryl methyl sites for hydroxylation is 2. The van der Waals surface area contributed by atoms with Crippen LogP contribution < -0.4 is 10.1 Å². The van der Waals surface area contributed by atoms with Gasteiger partial charge < -0.3 is 15.2 Å². The molecule has 0 spiro atoms. The fraction of sp³-hybridized carbons (Fsp3) is 0.296. The highest BCUT2D eigenvalue weighted by molar-refractivity contribution is 5.78. The number of rotatable bonds is 8. The Morgan fingerprint density at radius 1 is 1.15 bits per heavy atom. The maximum absolute atomic E-state index is 10.8. The molecule has 7 heteroatoms. The molecule has 0 saturated heterocycles. The van der Waals surface area contributed by atoms with Gasteiger partial charge in [-0.2, -0.15) is 5.10 Å². The van der Waals surface area contributed by atoms with Gasteiger partial charge in [0.2, 0.25) is 0 Å². The van der Waals surface area contributed by atoms with Crippen LogP contribution in [0, 0.1) is 6.92 Å². The number of nitrogens with one attached hydrogen (secondary N) is 1. The normalized spacial score (nSPS) is 10.5. The second-order valence-electron chi connectivity index (χ2n) is 7.68. The summed E-state index contributed by atoms with van der Waals surface area (Å²) in [6.45, 7) is 8.20. The Morgan fingerprint density at radius 3 is 2.53 bits per heavy atom. The number of carboxylic acids is 1. The van der Waals surface area contributed by atoms with Gasteiger partial charge in [0.25, 0.3) is 0 Å². The van der Waals surface area contributed by atoms with Crippen LogP contribution >= 0.6 is 0 Å². The molecule has 178 valence electrons. The van der Waals surface area contributed by atoms with Crippen molar-refractivity contribution in [3.8, 4) is 16.9 Å². The van der Waals surface area contributed by atoms with Crippen molar-refractivity contribution >= 4 is 23.1 Å². The largest absolute Gasteiger partial charge is 0.496 e. The molecule has 34 heavy (non-hydrogen) atoms. The van der Waals surface area contributed by atoms with Crippen molar-refractivity contribution in [3.05, 3.63) is 71.5 Å². The van der Waals surface area contributed by atoms with Gasteiger partial charge in [-0.15, -0.1) is 0 Å². The molecule has 2 N–H and O–H groups in total. The Labute approximate surface area is 200 Å². The SMILES string of the molecule is CC.CCc1c(C)cc(Nc2ccn3ncc(-c4ccc(CCC(=O)O)cc4)c3n2)cc1OC. The molecular weight excluding hydrogens is 428 g/mol. The molecule has 0 saturated carbocycles. The fourth-order valence-corrected chi connectivity index (χ4v) is 3.88. The second-order valence-corrected chi connectivity index (χ2v) is 7.68. The van der Waals surface area contributed by atoms with Crippen LogP contribution in [0.25, 0.3) is 16.8 Å². The summed E-state index contributed by atoms with van der Waals surface area (Å²) >= 11 is 0. The van der Waals surface area contributed by atoms with E-state index in [0.717, 1.165) is 40.2 Å². The Hall–Kier alpha value is -3.87. The van der Waals surface area contributed by atoms with Gasteiger partial charge in [0.15, 0.2) is 5.65 Å². The number of carbonyl (C=O) groups is 1. The molecule has 0 aliphatic rings. The van der Waals surface area contributed by atoms with Crippen LogP contribution in [0.2, 0.25) is 0 Å². The molecule has 0 bridgehead atoms.